The average molecular weight is 493 g/mol. The molecule has 2 aromatic carbocycles. The standard InChI is InChI=1S/C27H28N2O5S/c1-2-3-13-22(25(30)29-24(26(31)32)23-14-8-15-35-23)28-27(33)34-16-21-19-11-6-4-9-17(19)18-10-5-7-12-20(18)21/h4-12,14-15,21-22,24H,2-3,13,16H2,1H3,(H,28,33)(H,29,30)(H,31,32). The molecule has 2 atom stereocenters. The molecule has 0 bridgehead atoms. The van der Waals surface area contributed by atoms with Crippen LogP contribution in [0.25, 0.3) is 11.1 Å². The summed E-state index contributed by atoms with van der Waals surface area (Å²) in [5.74, 6) is -1.80. The second-order valence-electron chi connectivity index (χ2n) is 8.46. The summed E-state index contributed by atoms with van der Waals surface area (Å²) in [6.07, 6.45) is 1.19. The third-order valence-electron chi connectivity index (χ3n) is 6.16. The smallest absolute Gasteiger partial charge is 0.407 e. The molecular weight excluding hydrogens is 464 g/mol. The van der Waals surface area contributed by atoms with Gasteiger partial charge in [-0.1, -0.05) is 74.4 Å². The molecule has 1 aliphatic carbocycles. The van der Waals surface area contributed by atoms with E-state index in [0.29, 0.717) is 17.7 Å². The summed E-state index contributed by atoms with van der Waals surface area (Å²) < 4.78 is 5.58. The Morgan fingerprint density at radius 2 is 1.63 bits per heavy atom. The first-order valence-electron chi connectivity index (χ1n) is 11.7. The summed E-state index contributed by atoms with van der Waals surface area (Å²) in [4.78, 5) is 37.9. The summed E-state index contributed by atoms with van der Waals surface area (Å²) in [7, 11) is 0. The van der Waals surface area contributed by atoms with Crippen molar-refractivity contribution in [1.29, 1.82) is 0 Å². The van der Waals surface area contributed by atoms with Crippen molar-refractivity contribution in [2.24, 2.45) is 0 Å². The van der Waals surface area contributed by atoms with Gasteiger partial charge < -0.3 is 20.5 Å². The van der Waals surface area contributed by atoms with Gasteiger partial charge in [0.25, 0.3) is 0 Å². The summed E-state index contributed by atoms with van der Waals surface area (Å²) in [5.41, 5.74) is 4.46. The van der Waals surface area contributed by atoms with Crippen LogP contribution in [0.1, 0.15) is 54.1 Å². The number of thiophene rings is 1. The third-order valence-corrected chi connectivity index (χ3v) is 7.10. The number of hydrogen-bond acceptors (Lipinski definition) is 5. The molecule has 1 aliphatic rings. The highest BCUT2D eigenvalue weighted by atomic mass is 32.1. The lowest BCUT2D eigenvalue weighted by molar-refractivity contribution is -0.142. The Hall–Kier alpha value is -3.65. The first kappa shape index (κ1) is 24.5. The van der Waals surface area contributed by atoms with Gasteiger partial charge in [0.15, 0.2) is 6.04 Å². The molecule has 3 aromatic rings. The number of unbranched alkanes of at least 4 members (excludes halogenated alkanes) is 1. The van der Waals surface area contributed by atoms with Gasteiger partial charge >= 0.3 is 12.1 Å². The predicted octanol–water partition coefficient (Wildman–Crippen LogP) is 5.09. The number of rotatable bonds is 10. The van der Waals surface area contributed by atoms with Crippen molar-refractivity contribution in [2.75, 3.05) is 6.61 Å². The van der Waals surface area contributed by atoms with Gasteiger partial charge in [0, 0.05) is 10.8 Å². The molecule has 8 heteroatoms. The molecule has 1 aromatic heterocycles. The van der Waals surface area contributed by atoms with Crippen molar-refractivity contribution in [2.45, 2.75) is 44.2 Å². The summed E-state index contributed by atoms with van der Waals surface area (Å²) in [5, 5.41) is 16.5. The minimum Gasteiger partial charge on any atom is -0.479 e. The van der Waals surface area contributed by atoms with E-state index < -0.39 is 30.1 Å². The molecule has 0 saturated carbocycles. The number of alkyl carbamates (subject to hydrolysis) is 1. The lowest BCUT2D eigenvalue weighted by Crippen LogP contribution is -2.49. The number of amides is 2. The number of hydrogen-bond donors (Lipinski definition) is 3. The van der Waals surface area contributed by atoms with E-state index in [1.54, 1.807) is 17.5 Å². The number of nitrogens with one attached hydrogen (secondary N) is 2. The zero-order valence-corrected chi connectivity index (χ0v) is 20.2. The van der Waals surface area contributed by atoms with Crippen LogP contribution in [-0.2, 0) is 14.3 Å². The summed E-state index contributed by atoms with van der Waals surface area (Å²) in [6.45, 7) is 2.11. The van der Waals surface area contributed by atoms with E-state index in [1.165, 1.54) is 11.3 Å². The van der Waals surface area contributed by atoms with Crippen LogP contribution < -0.4 is 10.6 Å². The number of benzene rings is 2. The van der Waals surface area contributed by atoms with Gasteiger partial charge in [0.2, 0.25) is 5.91 Å². The second-order valence-corrected chi connectivity index (χ2v) is 9.44. The minimum absolute atomic E-state index is 0.0914. The molecule has 1 heterocycles. The second kappa shape index (κ2) is 11.2. The Labute approximate surface area is 208 Å². The fourth-order valence-electron chi connectivity index (χ4n) is 4.41. The number of carbonyl (C=O) groups is 3. The highest BCUT2D eigenvalue weighted by Gasteiger charge is 2.31. The molecule has 2 unspecified atom stereocenters. The topological polar surface area (TPSA) is 105 Å². The van der Waals surface area contributed by atoms with Crippen molar-refractivity contribution in [1.82, 2.24) is 10.6 Å². The molecule has 2 amide bonds. The maximum atomic E-state index is 12.9. The maximum Gasteiger partial charge on any atom is 0.407 e. The molecule has 7 nitrogen and oxygen atoms in total. The molecule has 0 spiro atoms. The number of ether oxygens (including phenoxy) is 1. The quantitative estimate of drug-likeness (QED) is 0.366. The van der Waals surface area contributed by atoms with Gasteiger partial charge in [-0.05, 0) is 40.1 Å². The van der Waals surface area contributed by atoms with Crippen LogP contribution >= 0.6 is 11.3 Å². The first-order chi connectivity index (χ1) is 17.0. The highest BCUT2D eigenvalue weighted by molar-refractivity contribution is 7.10. The molecule has 0 saturated heterocycles. The molecule has 0 aliphatic heterocycles. The van der Waals surface area contributed by atoms with Crippen LogP contribution in [-0.4, -0.2) is 35.7 Å². The lowest BCUT2D eigenvalue weighted by atomic mass is 9.98. The van der Waals surface area contributed by atoms with Crippen molar-refractivity contribution >= 4 is 29.3 Å². The Morgan fingerprint density at radius 3 is 2.20 bits per heavy atom. The van der Waals surface area contributed by atoms with E-state index in [1.807, 2.05) is 43.3 Å². The van der Waals surface area contributed by atoms with Crippen molar-refractivity contribution in [3.63, 3.8) is 0 Å². The fraction of sp³-hybridized carbons (Fsp3) is 0.296. The van der Waals surface area contributed by atoms with Gasteiger partial charge in [-0.25, -0.2) is 9.59 Å². The highest BCUT2D eigenvalue weighted by Crippen LogP contribution is 2.44. The van der Waals surface area contributed by atoms with Crippen LogP contribution in [0.15, 0.2) is 66.0 Å². The van der Waals surface area contributed by atoms with Crippen molar-refractivity contribution in [3.05, 3.63) is 82.0 Å². The lowest BCUT2D eigenvalue weighted by Gasteiger charge is -2.21. The van der Waals surface area contributed by atoms with Crippen LogP contribution in [0.3, 0.4) is 0 Å². The van der Waals surface area contributed by atoms with E-state index in [4.69, 9.17) is 4.74 Å². The Bertz CT molecular complexity index is 1150. The fourth-order valence-corrected chi connectivity index (χ4v) is 5.18. The van der Waals surface area contributed by atoms with E-state index in [9.17, 15) is 19.5 Å². The molecule has 4 rings (SSSR count). The Kier molecular flexibility index (Phi) is 7.82. The third kappa shape index (κ3) is 5.54. The first-order valence-corrected chi connectivity index (χ1v) is 12.6. The number of carboxylic acids is 1. The SMILES string of the molecule is CCCCC(NC(=O)OCC1c2ccccc2-c2ccccc21)C(=O)NC(C(=O)O)c1cccs1. The maximum absolute atomic E-state index is 12.9. The Balaban J connectivity index is 1.42. The van der Waals surface area contributed by atoms with E-state index >= 15 is 0 Å². The largest absolute Gasteiger partial charge is 0.479 e. The number of fused-ring (bicyclic) bond motifs is 3. The zero-order valence-electron chi connectivity index (χ0n) is 19.4. The van der Waals surface area contributed by atoms with E-state index in [0.717, 1.165) is 28.7 Å². The van der Waals surface area contributed by atoms with Crippen LogP contribution in [0, 0.1) is 0 Å². The zero-order chi connectivity index (χ0) is 24.8. The minimum atomic E-state index is -1.17. The molecule has 0 radical (unpaired) electrons. The number of carboxylic acid groups (broad SMARTS) is 1. The number of aliphatic carboxylic acids is 1. The van der Waals surface area contributed by atoms with E-state index in [2.05, 4.69) is 22.8 Å². The van der Waals surface area contributed by atoms with Gasteiger partial charge in [-0.3, -0.25) is 4.79 Å². The van der Waals surface area contributed by atoms with Crippen molar-refractivity contribution < 1.29 is 24.2 Å². The van der Waals surface area contributed by atoms with Gasteiger partial charge in [-0.2, -0.15) is 0 Å². The molecule has 182 valence electrons. The average Bonchev–Trinajstić information content (AvgIpc) is 3.50. The molecule has 35 heavy (non-hydrogen) atoms. The molecular formula is C27H28N2O5S. The summed E-state index contributed by atoms with van der Waals surface area (Å²) >= 11 is 1.25. The normalized spacial score (nSPS) is 13.9. The molecule has 3 N–H and O–H groups in total. The van der Waals surface area contributed by atoms with Crippen molar-refractivity contribution in [3.8, 4) is 11.1 Å². The van der Waals surface area contributed by atoms with Gasteiger partial charge in [0.1, 0.15) is 12.6 Å². The van der Waals surface area contributed by atoms with Gasteiger partial charge in [0.05, 0.1) is 0 Å². The monoisotopic (exact) mass is 492 g/mol. The number of carbonyl (C=O) groups excluding carboxylic acids is 2. The predicted molar refractivity (Wildman–Crippen MR) is 134 cm³/mol. The van der Waals surface area contributed by atoms with Gasteiger partial charge in [-0.15, -0.1) is 11.3 Å². The summed E-state index contributed by atoms with van der Waals surface area (Å²) in [6, 6.07) is 17.4. The van der Waals surface area contributed by atoms with Crippen LogP contribution in [0.5, 0.6) is 0 Å². The van der Waals surface area contributed by atoms with E-state index in [-0.39, 0.29) is 12.5 Å². The van der Waals surface area contributed by atoms with Crippen LogP contribution in [0.2, 0.25) is 0 Å². The van der Waals surface area contributed by atoms with Crippen LogP contribution in [0.4, 0.5) is 4.79 Å². The molecule has 0 fully saturated rings. The Morgan fingerprint density at radius 1 is 0.971 bits per heavy atom.